The van der Waals surface area contributed by atoms with Crippen LogP contribution in [-0.4, -0.2) is 12.3 Å². The number of rotatable bonds is 0. The van der Waals surface area contributed by atoms with Crippen LogP contribution in [0.15, 0.2) is 41.2 Å². The van der Waals surface area contributed by atoms with Gasteiger partial charge in [-0.05, 0) is 18.2 Å². The molecule has 0 N–H and O–H groups in total. The maximum Gasteiger partial charge on any atom is 0.110 e. The van der Waals surface area contributed by atoms with Crippen molar-refractivity contribution in [2.24, 2.45) is 4.99 Å². The molecule has 0 aromatic rings. The van der Waals surface area contributed by atoms with Crippen LogP contribution in [0.2, 0.25) is 0 Å². The molecule has 0 saturated carbocycles. The third kappa shape index (κ3) is 0.778. The zero-order chi connectivity index (χ0) is 6.81. The van der Waals surface area contributed by atoms with Gasteiger partial charge in [-0.1, -0.05) is 6.08 Å². The molecule has 0 bridgehead atoms. The zero-order valence-electron chi connectivity index (χ0n) is 5.44. The van der Waals surface area contributed by atoms with Gasteiger partial charge in [0, 0.05) is 12.4 Å². The molecule has 2 heterocycles. The van der Waals surface area contributed by atoms with E-state index in [2.05, 4.69) is 10.3 Å². The maximum absolute atomic E-state index is 4.20. The van der Waals surface area contributed by atoms with Gasteiger partial charge in [0.25, 0.3) is 0 Å². The second kappa shape index (κ2) is 2.14. The Balaban J connectivity index is 2.34. The number of nitrogens with zero attached hydrogens (tertiary/aromatic N) is 2. The fourth-order valence-electron chi connectivity index (χ4n) is 1.01. The minimum Gasteiger partial charge on any atom is -0.279 e. The maximum atomic E-state index is 4.20. The van der Waals surface area contributed by atoms with Crippen LogP contribution >= 0.6 is 0 Å². The molecule has 0 saturated heterocycles. The van der Waals surface area contributed by atoms with Gasteiger partial charge >= 0.3 is 0 Å². The summed E-state index contributed by atoms with van der Waals surface area (Å²) in [5.74, 6) is 0. The molecule has 2 nitrogen and oxygen atoms in total. The van der Waals surface area contributed by atoms with Crippen LogP contribution in [0.25, 0.3) is 0 Å². The van der Waals surface area contributed by atoms with Crippen molar-refractivity contribution >= 4 is 6.21 Å². The highest BCUT2D eigenvalue weighted by atomic mass is 14.9. The molecule has 2 aliphatic rings. The molecule has 1 radical (unpaired) electrons. The van der Waals surface area contributed by atoms with E-state index in [9.17, 15) is 0 Å². The van der Waals surface area contributed by atoms with Gasteiger partial charge in [-0.25, -0.2) is 0 Å². The highest BCUT2D eigenvalue weighted by molar-refractivity contribution is 5.74. The van der Waals surface area contributed by atoms with Gasteiger partial charge in [-0.15, -0.1) is 0 Å². The summed E-state index contributed by atoms with van der Waals surface area (Å²) in [6.45, 7) is 0. The van der Waals surface area contributed by atoms with Gasteiger partial charge in [0.05, 0.1) is 5.70 Å². The van der Waals surface area contributed by atoms with Gasteiger partial charge in [-0.3, -0.25) is 10.3 Å². The number of aliphatic imine (C=N–C) groups is 1. The summed E-state index contributed by atoms with van der Waals surface area (Å²) in [5.41, 5.74) is 1.03. The van der Waals surface area contributed by atoms with E-state index in [1.807, 2.05) is 24.3 Å². The van der Waals surface area contributed by atoms with Gasteiger partial charge in [0.15, 0.2) is 0 Å². The second-order valence-electron chi connectivity index (χ2n) is 2.19. The van der Waals surface area contributed by atoms with E-state index in [0.717, 1.165) is 5.70 Å². The average molecular weight is 131 g/mol. The molecule has 0 aromatic carbocycles. The molecule has 0 fully saturated rings. The van der Waals surface area contributed by atoms with E-state index in [4.69, 9.17) is 0 Å². The van der Waals surface area contributed by atoms with Crippen molar-refractivity contribution in [3.8, 4) is 0 Å². The van der Waals surface area contributed by atoms with Gasteiger partial charge < -0.3 is 0 Å². The molecule has 10 heavy (non-hydrogen) atoms. The topological polar surface area (TPSA) is 26.5 Å². The summed E-state index contributed by atoms with van der Waals surface area (Å²) in [6, 6.07) is 0.176. The molecule has 0 aromatic heterocycles. The van der Waals surface area contributed by atoms with Gasteiger partial charge in [-0.2, -0.15) is 0 Å². The van der Waals surface area contributed by atoms with Crippen LogP contribution < -0.4 is 5.32 Å². The summed E-state index contributed by atoms with van der Waals surface area (Å²) in [6.07, 6.45) is 11.4. The normalized spacial score (nSPS) is 27.2. The predicted molar refractivity (Wildman–Crippen MR) is 40.8 cm³/mol. The summed E-state index contributed by atoms with van der Waals surface area (Å²) in [4.78, 5) is 4.16. The summed E-state index contributed by atoms with van der Waals surface area (Å²) >= 11 is 0. The van der Waals surface area contributed by atoms with E-state index < -0.39 is 0 Å². The molecule has 1 unspecified atom stereocenters. The molecular formula is C8H7N2. The first-order valence-electron chi connectivity index (χ1n) is 3.24. The first kappa shape index (κ1) is 5.47. The Morgan fingerprint density at radius 1 is 1.30 bits per heavy atom. The zero-order valence-corrected chi connectivity index (χ0v) is 5.44. The Hall–Kier alpha value is -1.31. The highest BCUT2D eigenvalue weighted by Gasteiger charge is 2.12. The molecule has 0 amide bonds. The number of allylic oxidation sites excluding steroid dienone is 3. The van der Waals surface area contributed by atoms with E-state index in [1.165, 1.54) is 0 Å². The molecule has 2 aliphatic heterocycles. The Morgan fingerprint density at radius 3 is 3.20 bits per heavy atom. The molecule has 0 aliphatic carbocycles. The first-order chi connectivity index (χ1) is 4.97. The molecule has 2 heteroatoms. The van der Waals surface area contributed by atoms with E-state index in [0.29, 0.717) is 0 Å². The summed E-state index contributed by atoms with van der Waals surface area (Å²) < 4.78 is 0. The number of dihydropyridines is 1. The van der Waals surface area contributed by atoms with Crippen molar-refractivity contribution in [1.82, 2.24) is 5.32 Å². The quantitative estimate of drug-likeness (QED) is 0.469. The standard InChI is InChI=1S/C8H7N2/c1-3-7-8(9-5-1)4-2-6-10-7/h1-7H. The Morgan fingerprint density at radius 2 is 2.30 bits per heavy atom. The molecule has 1 atom stereocenters. The van der Waals surface area contributed by atoms with Crippen molar-refractivity contribution in [3.05, 3.63) is 36.2 Å². The average Bonchev–Trinajstić information content (AvgIpc) is 2.05. The molecule has 2 rings (SSSR count). The molecular weight excluding hydrogens is 124 g/mol. The first-order valence-corrected chi connectivity index (χ1v) is 3.24. The van der Waals surface area contributed by atoms with Crippen LogP contribution in [0.5, 0.6) is 0 Å². The molecule has 0 spiro atoms. The number of hydrogen-bond donors (Lipinski definition) is 0. The monoisotopic (exact) mass is 131 g/mol. The SMILES string of the molecule is C1=C[N]C2C=CC=NC2=C1. The van der Waals surface area contributed by atoms with Crippen LogP contribution in [0.4, 0.5) is 0 Å². The predicted octanol–water partition coefficient (Wildman–Crippen LogP) is 1.01. The van der Waals surface area contributed by atoms with Crippen LogP contribution in [0.3, 0.4) is 0 Å². The third-order valence-corrected chi connectivity index (χ3v) is 1.51. The summed E-state index contributed by atoms with van der Waals surface area (Å²) in [5, 5.41) is 4.20. The minimum atomic E-state index is 0.176. The van der Waals surface area contributed by atoms with Crippen molar-refractivity contribution in [3.63, 3.8) is 0 Å². The second-order valence-corrected chi connectivity index (χ2v) is 2.19. The van der Waals surface area contributed by atoms with Gasteiger partial charge in [0.1, 0.15) is 6.04 Å². The molecule has 49 valence electrons. The van der Waals surface area contributed by atoms with Crippen LogP contribution in [0, 0.1) is 0 Å². The van der Waals surface area contributed by atoms with Gasteiger partial charge in [0.2, 0.25) is 0 Å². The lowest BCUT2D eigenvalue weighted by Crippen LogP contribution is -2.20. The van der Waals surface area contributed by atoms with E-state index in [-0.39, 0.29) is 6.04 Å². The largest absolute Gasteiger partial charge is 0.279 e. The number of hydrogen-bond acceptors (Lipinski definition) is 1. The van der Waals surface area contributed by atoms with Crippen molar-refractivity contribution in [2.45, 2.75) is 6.04 Å². The van der Waals surface area contributed by atoms with E-state index >= 15 is 0 Å². The minimum absolute atomic E-state index is 0.176. The van der Waals surface area contributed by atoms with Crippen molar-refractivity contribution in [1.29, 1.82) is 0 Å². The third-order valence-electron chi connectivity index (χ3n) is 1.51. The lowest BCUT2D eigenvalue weighted by Gasteiger charge is -2.15. The van der Waals surface area contributed by atoms with E-state index in [1.54, 1.807) is 12.4 Å². The smallest absolute Gasteiger partial charge is 0.110 e. The lowest BCUT2D eigenvalue weighted by molar-refractivity contribution is 0.756. The van der Waals surface area contributed by atoms with Crippen molar-refractivity contribution < 1.29 is 0 Å². The summed E-state index contributed by atoms with van der Waals surface area (Å²) in [7, 11) is 0. The number of fused-ring (bicyclic) bond motifs is 1. The Labute approximate surface area is 59.7 Å². The fourth-order valence-corrected chi connectivity index (χ4v) is 1.01. The Kier molecular flexibility index (Phi) is 1.17. The van der Waals surface area contributed by atoms with Crippen LogP contribution in [0.1, 0.15) is 0 Å². The van der Waals surface area contributed by atoms with Crippen LogP contribution in [-0.2, 0) is 0 Å². The Bertz CT molecular complexity index is 246. The highest BCUT2D eigenvalue weighted by Crippen LogP contribution is 2.13. The lowest BCUT2D eigenvalue weighted by atomic mass is 10.1. The fraction of sp³-hybridized carbons (Fsp3) is 0.125. The van der Waals surface area contributed by atoms with Crippen molar-refractivity contribution in [2.75, 3.05) is 0 Å².